The van der Waals surface area contributed by atoms with Gasteiger partial charge in [0.1, 0.15) is 24.4 Å². The number of isocyanates is 2. The predicted octanol–water partition coefficient (Wildman–Crippen LogP) is 3.49. The Morgan fingerprint density at radius 2 is 1.15 bits per heavy atom. The van der Waals surface area contributed by atoms with Gasteiger partial charge >= 0.3 is 0 Å². The maximum absolute atomic E-state index is 10.5. The fourth-order valence-electron chi connectivity index (χ4n) is 4.50. The van der Waals surface area contributed by atoms with Crippen LogP contribution in [0.3, 0.4) is 0 Å². The SMILES string of the molecule is O=C=NCCC(O[C@@H]1COC2C1OC[C@H]2OC(CCN=C=O)c1ccccc1)c1ccccc1. The van der Waals surface area contributed by atoms with Crippen LogP contribution in [0.15, 0.2) is 70.6 Å². The highest BCUT2D eigenvalue weighted by molar-refractivity contribution is 5.33. The van der Waals surface area contributed by atoms with E-state index in [1.165, 1.54) is 0 Å². The van der Waals surface area contributed by atoms with Crippen LogP contribution < -0.4 is 0 Å². The molecule has 6 atom stereocenters. The summed E-state index contributed by atoms with van der Waals surface area (Å²) in [5.41, 5.74) is 2.02. The number of ether oxygens (including phenoxy) is 4. The highest BCUT2D eigenvalue weighted by atomic mass is 16.6. The molecule has 8 nitrogen and oxygen atoms in total. The van der Waals surface area contributed by atoms with Gasteiger partial charge in [0.15, 0.2) is 0 Å². The number of fused-ring (bicyclic) bond motifs is 1. The molecule has 2 aromatic rings. The zero-order valence-corrected chi connectivity index (χ0v) is 18.8. The predicted molar refractivity (Wildman–Crippen MR) is 123 cm³/mol. The summed E-state index contributed by atoms with van der Waals surface area (Å²) in [7, 11) is 0. The number of benzene rings is 2. The van der Waals surface area contributed by atoms with Gasteiger partial charge in [-0.2, -0.15) is 0 Å². The second-order valence-electron chi connectivity index (χ2n) is 8.27. The van der Waals surface area contributed by atoms with Crippen LogP contribution in [0.4, 0.5) is 0 Å². The van der Waals surface area contributed by atoms with Crippen LogP contribution >= 0.6 is 0 Å². The van der Waals surface area contributed by atoms with Gasteiger partial charge in [-0.25, -0.2) is 19.6 Å². The van der Waals surface area contributed by atoms with Gasteiger partial charge in [-0.05, 0) is 24.0 Å². The first-order valence-electron chi connectivity index (χ1n) is 11.5. The number of nitrogens with zero attached hydrogens (tertiary/aromatic N) is 2. The molecule has 0 spiro atoms. The number of aliphatic imine (C=N–C) groups is 2. The van der Waals surface area contributed by atoms with Crippen molar-refractivity contribution < 1.29 is 28.5 Å². The van der Waals surface area contributed by atoms with Gasteiger partial charge in [-0.15, -0.1) is 0 Å². The first-order chi connectivity index (χ1) is 16.8. The minimum Gasteiger partial charge on any atom is -0.370 e. The molecule has 0 bridgehead atoms. The zero-order chi connectivity index (χ0) is 23.6. The van der Waals surface area contributed by atoms with E-state index in [0.717, 1.165) is 11.1 Å². The van der Waals surface area contributed by atoms with Gasteiger partial charge in [0, 0.05) is 0 Å². The molecule has 0 radical (unpaired) electrons. The first-order valence-corrected chi connectivity index (χ1v) is 11.5. The molecule has 2 aromatic carbocycles. The summed E-state index contributed by atoms with van der Waals surface area (Å²) in [6.07, 6.45) is 2.76. The van der Waals surface area contributed by atoms with Crippen molar-refractivity contribution in [3.05, 3.63) is 71.8 Å². The van der Waals surface area contributed by atoms with Crippen LogP contribution in [-0.4, -0.2) is 62.9 Å². The summed E-state index contributed by atoms with van der Waals surface area (Å²) < 4.78 is 25.0. The van der Waals surface area contributed by atoms with Crippen molar-refractivity contribution in [2.45, 2.75) is 49.5 Å². The van der Waals surface area contributed by atoms with Gasteiger partial charge in [0.05, 0.1) is 38.5 Å². The molecule has 2 saturated heterocycles. The van der Waals surface area contributed by atoms with Gasteiger partial charge < -0.3 is 18.9 Å². The molecule has 0 amide bonds. The molecule has 2 heterocycles. The summed E-state index contributed by atoms with van der Waals surface area (Å²) in [5.74, 6) is 0. The van der Waals surface area contributed by atoms with Gasteiger partial charge in [0.25, 0.3) is 0 Å². The second kappa shape index (κ2) is 12.5. The summed E-state index contributed by atoms with van der Waals surface area (Å²) >= 11 is 0. The highest BCUT2D eigenvalue weighted by Gasteiger charge is 2.50. The van der Waals surface area contributed by atoms with Crippen LogP contribution in [0.1, 0.15) is 36.2 Å². The molecule has 0 aliphatic carbocycles. The lowest BCUT2D eigenvalue weighted by Crippen LogP contribution is -2.35. The summed E-state index contributed by atoms with van der Waals surface area (Å²) in [6, 6.07) is 19.7. The largest absolute Gasteiger partial charge is 0.370 e. The molecule has 2 aliphatic heterocycles. The fourth-order valence-corrected chi connectivity index (χ4v) is 4.50. The van der Waals surface area contributed by atoms with Crippen LogP contribution in [0.2, 0.25) is 0 Å². The lowest BCUT2D eigenvalue weighted by Gasteiger charge is -2.25. The Hall–Kier alpha value is -2.96. The van der Waals surface area contributed by atoms with Crippen LogP contribution in [0.5, 0.6) is 0 Å². The maximum atomic E-state index is 10.5. The number of rotatable bonds is 12. The number of hydrogen-bond donors (Lipinski definition) is 0. The standard InChI is InChI=1S/C26H28N2O6/c29-17-27-13-11-21(19-7-3-1-4-8-19)33-23-15-31-26-24(16-32-25(23)26)34-22(12-14-28-18-30)20-9-5-2-6-10-20/h1-10,21-26H,11-16H2/t21?,22?,23-,24-,25?,26?/m1/s1. The molecule has 0 aromatic heterocycles. The van der Waals surface area contributed by atoms with E-state index in [2.05, 4.69) is 9.98 Å². The minimum atomic E-state index is -0.265. The molecule has 4 unspecified atom stereocenters. The average Bonchev–Trinajstić information content (AvgIpc) is 3.47. The van der Waals surface area contributed by atoms with E-state index in [1.54, 1.807) is 12.2 Å². The van der Waals surface area contributed by atoms with E-state index in [-0.39, 0.29) is 36.6 Å². The van der Waals surface area contributed by atoms with Gasteiger partial charge in [0.2, 0.25) is 12.2 Å². The Morgan fingerprint density at radius 3 is 1.53 bits per heavy atom. The van der Waals surface area contributed by atoms with E-state index in [1.807, 2.05) is 60.7 Å². The first kappa shape index (κ1) is 24.2. The van der Waals surface area contributed by atoms with Gasteiger partial charge in [-0.3, -0.25) is 0 Å². The lowest BCUT2D eigenvalue weighted by atomic mass is 10.0. The van der Waals surface area contributed by atoms with Crippen molar-refractivity contribution in [2.75, 3.05) is 26.3 Å². The van der Waals surface area contributed by atoms with E-state index in [0.29, 0.717) is 39.1 Å². The molecule has 2 aliphatic rings. The number of hydrogen-bond acceptors (Lipinski definition) is 8. The number of carbonyl (C=O) groups excluding carboxylic acids is 2. The Kier molecular flexibility index (Phi) is 8.88. The van der Waals surface area contributed by atoms with Crippen LogP contribution in [0.25, 0.3) is 0 Å². The quantitative estimate of drug-likeness (QED) is 0.352. The third kappa shape index (κ3) is 6.13. The van der Waals surface area contributed by atoms with E-state index in [4.69, 9.17) is 18.9 Å². The van der Waals surface area contributed by atoms with Crippen LogP contribution in [-0.2, 0) is 28.5 Å². The molecule has 4 rings (SSSR count). The van der Waals surface area contributed by atoms with Crippen molar-refractivity contribution in [3.63, 3.8) is 0 Å². The summed E-state index contributed by atoms with van der Waals surface area (Å²) in [6.45, 7) is 1.44. The Balaban J connectivity index is 1.41. The third-order valence-electron chi connectivity index (χ3n) is 6.12. The van der Waals surface area contributed by atoms with E-state index < -0.39 is 0 Å². The topological polar surface area (TPSA) is 95.8 Å². The van der Waals surface area contributed by atoms with Crippen molar-refractivity contribution in [1.29, 1.82) is 0 Å². The Bertz CT molecular complexity index is 909. The molecule has 34 heavy (non-hydrogen) atoms. The Labute approximate surface area is 198 Å². The second-order valence-corrected chi connectivity index (χ2v) is 8.27. The molecular weight excluding hydrogens is 436 g/mol. The monoisotopic (exact) mass is 464 g/mol. The van der Waals surface area contributed by atoms with E-state index in [9.17, 15) is 9.59 Å². The highest BCUT2D eigenvalue weighted by Crippen LogP contribution is 2.36. The van der Waals surface area contributed by atoms with Crippen molar-refractivity contribution in [1.82, 2.24) is 0 Å². The normalized spacial score (nSPS) is 25.1. The Morgan fingerprint density at radius 1 is 0.735 bits per heavy atom. The van der Waals surface area contributed by atoms with Gasteiger partial charge in [-0.1, -0.05) is 60.7 Å². The molecular formula is C26H28N2O6. The summed E-state index contributed by atoms with van der Waals surface area (Å²) in [5, 5.41) is 0. The fraction of sp³-hybridized carbons (Fsp3) is 0.462. The average molecular weight is 465 g/mol. The third-order valence-corrected chi connectivity index (χ3v) is 6.12. The van der Waals surface area contributed by atoms with Crippen molar-refractivity contribution in [2.24, 2.45) is 9.98 Å². The zero-order valence-electron chi connectivity index (χ0n) is 18.8. The van der Waals surface area contributed by atoms with E-state index >= 15 is 0 Å². The minimum absolute atomic E-state index is 0.243. The van der Waals surface area contributed by atoms with Crippen molar-refractivity contribution >= 4 is 12.2 Å². The van der Waals surface area contributed by atoms with Crippen LogP contribution in [0, 0.1) is 0 Å². The van der Waals surface area contributed by atoms with Crippen molar-refractivity contribution in [3.8, 4) is 0 Å². The molecule has 178 valence electrons. The smallest absolute Gasteiger partial charge is 0.234 e. The molecule has 8 heteroatoms. The molecule has 2 fully saturated rings. The summed E-state index contributed by atoms with van der Waals surface area (Å²) in [4.78, 5) is 28.4. The molecule has 0 N–H and O–H groups in total. The maximum Gasteiger partial charge on any atom is 0.234 e. The lowest BCUT2D eigenvalue weighted by molar-refractivity contribution is -0.0898. The molecule has 0 saturated carbocycles.